The van der Waals surface area contributed by atoms with E-state index in [4.69, 9.17) is 10.5 Å². The molecule has 0 aromatic heterocycles. The zero-order valence-electron chi connectivity index (χ0n) is 11.0. The topological polar surface area (TPSA) is 72.6 Å². The number of morpholine rings is 1. The first-order chi connectivity index (χ1) is 9.36. The normalized spacial score (nSPS) is 21.1. The van der Waals surface area contributed by atoms with Crippen LogP contribution in [0.5, 0.6) is 0 Å². The molecule has 0 spiro atoms. The quantitative estimate of drug-likeness (QED) is 0.830. The maximum Gasteiger partial charge on any atom is 0.244 e. The summed E-state index contributed by atoms with van der Waals surface area (Å²) in [7, 11) is -3.72. The maximum atomic E-state index is 13.3. The molecule has 0 radical (unpaired) electrons. The fraction of sp³-hybridized carbons (Fsp3) is 0.500. The Kier molecular flexibility index (Phi) is 4.68. The van der Waals surface area contributed by atoms with Crippen molar-refractivity contribution in [2.75, 3.05) is 25.4 Å². The van der Waals surface area contributed by atoms with E-state index in [0.29, 0.717) is 13.2 Å². The van der Waals surface area contributed by atoms with E-state index in [9.17, 15) is 12.8 Å². The van der Waals surface area contributed by atoms with Gasteiger partial charge in [-0.05, 0) is 34.5 Å². The number of anilines is 1. The van der Waals surface area contributed by atoms with E-state index >= 15 is 0 Å². The summed E-state index contributed by atoms with van der Waals surface area (Å²) in [6, 6.07) is 2.21. The smallest absolute Gasteiger partial charge is 0.244 e. The molecule has 0 bridgehead atoms. The summed E-state index contributed by atoms with van der Waals surface area (Å²) < 4.78 is 45.5. The first-order valence-corrected chi connectivity index (χ1v) is 8.45. The van der Waals surface area contributed by atoms with Gasteiger partial charge in [-0.2, -0.15) is 4.31 Å². The van der Waals surface area contributed by atoms with Crippen LogP contribution >= 0.6 is 15.9 Å². The molecule has 1 saturated heterocycles. The molecule has 2 rings (SSSR count). The Hall–Kier alpha value is -0.700. The number of nitrogen functional groups attached to an aromatic ring is 1. The molecule has 1 atom stereocenters. The summed E-state index contributed by atoms with van der Waals surface area (Å²) in [5.74, 6) is -0.649. The van der Waals surface area contributed by atoms with Gasteiger partial charge >= 0.3 is 0 Å². The summed E-state index contributed by atoms with van der Waals surface area (Å²) >= 11 is 3.08. The Balaban J connectivity index is 2.37. The molecule has 1 heterocycles. The number of benzene rings is 1. The van der Waals surface area contributed by atoms with Gasteiger partial charge in [-0.15, -0.1) is 0 Å². The molecule has 8 heteroatoms. The van der Waals surface area contributed by atoms with Gasteiger partial charge in [-0.1, -0.05) is 6.92 Å². The molecule has 0 saturated carbocycles. The minimum absolute atomic E-state index is 0.0202. The van der Waals surface area contributed by atoms with E-state index in [2.05, 4.69) is 15.9 Å². The monoisotopic (exact) mass is 366 g/mol. The summed E-state index contributed by atoms with van der Waals surface area (Å²) in [5.41, 5.74) is 5.28. The molecule has 1 aromatic rings. The summed E-state index contributed by atoms with van der Waals surface area (Å²) in [6.07, 6.45) is 0.619. The first-order valence-electron chi connectivity index (χ1n) is 6.22. The minimum atomic E-state index is -3.72. The van der Waals surface area contributed by atoms with Crippen LogP contribution < -0.4 is 5.73 Å². The van der Waals surface area contributed by atoms with Crippen LogP contribution in [0.3, 0.4) is 0 Å². The summed E-state index contributed by atoms with van der Waals surface area (Å²) in [6.45, 7) is 2.86. The number of rotatable bonds is 3. The van der Waals surface area contributed by atoms with Crippen molar-refractivity contribution in [2.24, 2.45) is 0 Å². The van der Waals surface area contributed by atoms with Gasteiger partial charge in [-0.3, -0.25) is 0 Å². The molecule has 1 aliphatic heterocycles. The van der Waals surface area contributed by atoms with Gasteiger partial charge < -0.3 is 10.5 Å². The predicted octanol–water partition coefficient (Wildman–Crippen LogP) is 1.97. The standard InChI is InChI=1S/C12H16BrFN2O3S/c1-2-8-7-16(3-4-19-8)20(17,18)12-6-11(15)10(14)5-9(12)13/h5-6,8H,2-4,7,15H2,1H3. The molecule has 1 aliphatic rings. The molecular formula is C12H16BrFN2O3S. The Bertz CT molecular complexity index is 609. The minimum Gasteiger partial charge on any atom is -0.396 e. The highest BCUT2D eigenvalue weighted by molar-refractivity contribution is 9.10. The van der Waals surface area contributed by atoms with Crippen LogP contribution in [0.25, 0.3) is 0 Å². The number of ether oxygens (including phenoxy) is 1. The van der Waals surface area contributed by atoms with Crippen LogP contribution in [0.1, 0.15) is 13.3 Å². The second-order valence-electron chi connectivity index (χ2n) is 4.57. The molecule has 2 N–H and O–H groups in total. The van der Waals surface area contributed by atoms with Crippen LogP contribution in [0.15, 0.2) is 21.5 Å². The Labute approximate surface area is 126 Å². The van der Waals surface area contributed by atoms with Crippen molar-refractivity contribution in [1.82, 2.24) is 4.31 Å². The predicted molar refractivity (Wildman–Crippen MR) is 77.3 cm³/mol. The molecule has 1 unspecified atom stereocenters. The van der Waals surface area contributed by atoms with Crippen LogP contribution in [-0.4, -0.2) is 38.5 Å². The van der Waals surface area contributed by atoms with Gasteiger partial charge in [-0.25, -0.2) is 12.8 Å². The second-order valence-corrected chi connectivity index (χ2v) is 7.33. The molecule has 112 valence electrons. The van der Waals surface area contributed by atoms with Crippen molar-refractivity contribution in [3.05, 3.63) is 22.4 Å². The van der Waals surface area contributed by atoms with Crippen LogP contribution in [-0.2, 0) is 14.8 Å². The molecule has 20 heavy (non-hydrogen) atoms. The van der Waals surface area contributed by atoms with Crippen molar-refractivity contribution < 1.29 is 17.5 Å². The van der Waals surface area contributed by atoms with Crippen LogP contribution in [0.2, 0.25) is 0 Å². The zero-order chi connectivity index (χ0) is 14.9. The number of nitrogens with two attached hydrogens (primary N) is 1. The maximum absolute atomic E-state index is 13.3. The van der Waals surface area contributed by atoms with Gasteiger partial charge in [0, 0.05) is 17.6 Å². The molecule has 0 aliphatic carbocycles. The van der Waals surface area contributed by atoms with Gasteiger partial charge in [0.25, 0.3) is 0 Å². The van der Waals surface area contributed by atoms with Crippen molar-refractivity contribution in [2.45, 2.75) is 24.3 Å². The lowest BCUT2D eigenvalue weighted by Crippen LogP contribution is -2.45. The number of hydrogen-bond donors (Lipinski definition) is 1. The SMILES string of the molecule is CCC1CN(S(=O)(=O)c2cc(N)c(F)cc2Br)CCO1. The van der Waals surface area contributed by atoms with E-state index in [-0.39, 0.29) is 27.7 Å². The van der Waals surface area contributed by atoms with Crippen molar-refractivity contribution >= 4 is 31.6 Å². The molecule has 0 amide bonds. The van der Waals surface area contributed by atoms with E-state index in [0.717, 1.165) is 18.6 Å². The van der Waals surface area contributed by atoms with Crippen molar-refractivity contribution in [3.63, 3.8) is 0 Å². The van der Waals surface area contributed by atoms with Crippen molar-refractivity contribution in [3.8, 4) is 0 Å². The average molecular weight is 367 g/mol. The highest BCUT2D eigenvalue weighted by atomic mass is 79.9. The van der Waals surface area contributed by atoms with E-state index < -0.39 is 15.8 Å². The van der Waals surface area contributed by atoms with E-state index in [1.165, 1.54) is 4.31 Å². The van der Waals surface area contributed by atoms with E-state index in [1.54, 1.807) is 0 Å². The number of sulfonamides is 1. The second kappa shape index (κ2) is 5.97. The van der Waals surface area contributed by atoms with Gasteiger partial charge in [0.15, 0.2) is 0 Å². The average Bonchev–Trinajstić information content (AvgIpc) is 2.42. The number of halogens is 2. The van der Waals surface area contributed by atoms with Gasteiger partial charge in [0.1, 0.15) is 5.82 Å². The largest absolute Gasteiger partial charge is 0.396 e. The Morgan fingerprint density at radius 1 is 1.55 bits per heavy atom. The molecule has 5 nitrogen and oxygen atoms in total. The first kappa shape index (κ1) is 15.7. The molecular weight excluding hydrogens is 351 g/mol. The lowest BCUT2D eigenvalue weighted by atomic mass is 10.2. The van der Waals surface area contributed by atoms with Gasteiger partial charge in [0.2, 0.25) is 10.0 Å². The molecule has 1 fully saturated rings. The Morgan fingerprint density at radius 2 is 2.25 bits per heavy atom. The lowest BCUT2D eigenvalue weighted by molar-refractivity contribution is -0.00279. The highest BCUT2D eigenvalue weighted by Gasteiger charge is 2.32. The Morgan fingerprint density at radius 3 is 2.90 bits per heavy atom. The number of nitrogens with zero attached hydrogens (tertiary/aromatic N) is 1. The highest BCUT2D eigenvalue weighted by Crippen LogP contribution is 2.30. The van der Waals surface area contributed by atoms with Crippen LogP contribution in [0, 0.1) is 5.82 Å². The zero-order valence-corrected chi connectivity index (χ0v) is 13.4. The number of hydrogen-bond acceptors (Lipinski definition) is 4. The summed E-state index contributed by atoms with van der Waals surface area (Å²) in [4.78, 5) is -0.0202. The van der Waals surface area contributed by atoms with Crippen LogP contribution in [0.4, 0.5) is 10.1 Å². The molecule has 1 aromatic carbocycles. The van der Waals surface area contributed by atoms with Gasteiger partial charge in [0.05, 0.1) is 23.3 Å². The third kappa shape index (κ3) is 2.98. The summed E-state index contributed by atoms with van der Waals surface area (Å²) in [5, 5.41) is 0. The third-order valence-corrected chi connectivity index (χ3v) is 6.05. The van der Waals surface area contributed by atoms with E-state index in [1.807, 2.05) is 6.92 Å². The fourth-order valence-corrected chi connectivity index (χ4v) is 4.51. The van der Waals surface area contributed by atoms with Crippen molar-refractivity contribution in [1.29, 1.82) is 0 Å². The third-order valence-electron chi connectivity index (χ3n) is 3.23. The lowest BCUT2D eigenvalue weighted by Gasteiger charge is -2.31. The fourth-order valence-electron chi connectivity index (χ4n) is 2.04.